The van der Waals surface area contributed by atoms with Crippen molar-refractivity contribution < 1.29 is 13.7 Å². The second-order valence-corrected chi connectivity index (χ2v) is 6.35. The average molecular weight is 328 g/mol. The number of halogens is 1. The maximum absolute atomic E-state index is 13.1. The number of carbonyl (C=O) groups excluding carboxylic acids is 1. The van der Waals surface area contributed by atoms with Gasteiger partial charge >= 0.3 is 0 Å². The van der Waals surface area contributed by atoms with Gasteiger partial charge < -0.3 is 9.42 Å². The van der Waals surface area contributed by atoms with Crippen molar-refractivity contribution in [3.8, 4) is 11.3 Å². The molecule has 4 nitrogen and oxygen atoms in total. The molecule has 0 bridgehead atoms. The molecule has 0 radical (unpaired) electrons. The molecule has 0 unspecified atom stereocenters. The van der Waals surface area contributed by atoms with Crippen LogP contribution in [0.5, 0.6) is 0 Å². The Hall–Kier alpha value is -2.47. The van der Waals surface area contributed by atoms with Gasteiger partial charge in [-0.15, -0.1) is 11.3 Å². The highest BCUT2D eigenvalue weighted by molar-refractivity contribution is 7.12. The summed E-state index contributed by atoms with van der Waals surface area (Å²) in [6.07, 6.45) is 0.683. The van der Waals surface area contributed by atoms with Gasteiger partial charge in [0.15, 0.2) is 5.76 Å². The van der Waals surface area contributed by atoms with Crippen LogP contribution in [0, 0.1) is 5.82 Å². The first kappa shape index (κ1) is 14.1. The van der Waals surface area contributed by atoms with Crippen LogP contribution in [0.2, 0.25) is 0 Å². The van der Waals surface area contributed by atoms with Crippen molar-refractivity contribution in [2.75, 3.05) is 6.54 Å². The third-order valence-corrected chi connectivity index (χ3v) is 4.83. The quantitative estimate of drug-likeness (QED) is 0.720. The first-order chi connectivity index (χ1) is 11.2. The number of hydrogen-bond donors (Lipinski definition) is 0. The summed E-state index contributed by atoms with van der Waals surface area (Å²) in [5, 5.41) is 6.00. The topological polar surface area (TPSA) is 46.3 Å². The zero-order chi connectivity index (χ0) is 15.8. The van der Waals surface area contributed by atoms with Crippen molar-refractivity contribution in [3.05, 3.63) is 63.7 Å². The van der Waals surface area contributed by atoms with Crippen molar-refractivity contribution in [1.29, 1.82) is 0 Å². The molecule has 1 amide bonds. The first-order valence-corrected chi connectivity index (χ1v) is 8.16. The number of nitrogens with zero attached hydrogens (tertiary/aromatic N) is 2. The fourth-order valence-corrected chi connectivity index (χ4v) is 3.48. The number of rotatable bonds is 2. The molecule has 1 aliphatic rings. The van der Waals surface area contributed by atoms with Gasteiger partial charge in [-0.05, 0) is 42.1 Å². The van der Waals surface area contributed by atoms with Crippen LogP contribution in [0.3, 0.4) is 0 Å². The van der Waals surface area contributed by atoms with Gasteiger partial charge in [0, 0.05) is 17.7 Å². The van der Waals surface area contributed by atoms with Crippen molar-refractivity contribution >= 4 is 17.2 Å². The van der Waals surface area contributed by atoms with E-state index in [0.717, 1.165) is 21.7 Å². The Balaban J connectivity index is 1.60. The molecule has 6 heteroatoms. The van der Waals surface area contributed by atoms with Crippen LogP contribution in [0.4, 0.5) is 4.39 Å². The molecular formula is C17H13FN2O2S. The Labute approximate surface area is 136 Å². The predicted molar refractivity (Wildman–Crippen MR) is 84.7 cm³/mol. The molecule has 0 N–H and O–H groups in total. The Bertz CT molecular complexity index is 840. The van der Waals surface area contributed by atoms with Gasteiger partial charge in [0.25, 0.3) is 5.91 Å². The number of carbonyl (C=O) groups is 1. The van der Waals surface area contributed by atoms with Crippen molar-refractivity contribution in [2.45, 2.75) is 13.0 Å². The van der Waals surface area contributed by atoms with Gasteiger partial charge in [-0.2, -0.15) is 0 Å². The van der Waals surface area contributed by atoms with E-state index in [2.05, 4.69) is 5.16 Å². The van der Waals surface area contributed by atoms with Crippen molar-refractivity contribution in [3.63, 3.8) is 0 Å². The smallest absolute Gasteiger partial charge is 0.264 e. The van der Waals surface area contributed by atoms with Gasteiger partial charge in [0.2, 0.25) is 0 Å². The van der Waals surface area contributed by atoms with E-state index in [4.69, 9.17) is 4.52 Å². The third-order valence-electron chi connectivity index (χ3n) is 3.97. The maximum Gasteiger partial charge on any atom is 0.264 e. The van der Waals surface area contributed by atoms with E-state index in [-0.39, 0.29) is 11.7 Å². The van der Waals surface area contributed by atoms with Crippen LogP contribution >= 0.6 is 11.3 Å². The lowest BCUT2D eigenvalue weighted by atomic mass is 10.0. The zero-order valence-electron chi connectivity index (χ0n) is 12.2. The van der Waals surface area contributed by atoms with E-state index >= 15 is 0 Å². The summed E-state index contributed by atoms with van der Waals surface area (Å²) in [5.74, 6) is 0.412. The molecule has 1 aromatic carbocycles. The lowest BCUT2D eigenvalue weighted by Gasteiger charge is -2.25. The molecule has 4 rings (SSSR count). The van der Waals surface area contributed by atoms with Gasteiger partial charge in [0.1, 0.15) is 11.5 Å². The standard InChI is InChI=1S/C17H13FN2O2S/c18-12-5-3-11(4-6-12)16-13-7-8-20(10-14(13)19-22-16)17(21)15-2-1-9-23-15/h1-6,9H,7-8,10H2. The zero-order valence-corrected chi connectivity index (χ0v) is 13.0. The summed E-state index contributed by atoms with van der Waals surface area (Å²) < 4.78 is 18.5. The first-order valence-electron chi connectivity index (χ1n) is 7.28. The molecule has 0 saturated heterocycles. The number of fused-ring (bicyclic) bond motifs is 1. The molecular weight excluding hydrogens is 315 g/mol. The fraction of sp³-hybridized carbons (Fsp3) is 0.176. The Morgan fingerprint density at radius 1 is 1.26 bits per heavy atom. The molecule has 0 spiro atoms. The molecule has 1 aliphatic heterocycles. The summed E-state index contributed by atoms with van der Waals surface area (Å²) >= 11 is 1.44. The molecule has 0 fully saturated rings. The van der Waals surface area contributed by atoms with E-state index in [9.17, 15) is 9.18 Å². The van der Waals surface area contributed by atoms with E-state index in [1.807, 2.05) is 17.5 Å². The number of thiophene rings is 1. The van der Waals surface area contributed by atoms with Gasteiger partial charge in [-0.25, -0.2) is 4.39 Å². The third kappa shape index (κ3) is 2.55. The second-order valence-electron chi connectivity index (χ2n) is 5.40. The molecule has 0 aliphatic carbocycles. The van der Waals surface area contributed by atoms with Gasteiger partial charge in [-0.1, -0.05) is 11.2 Å². The molecule has 3 heterocycles. The lowest BCUT2D eigenvalue weighted by Crippen LogP contribution is -2.35. The highest BCUT2D eigenvalue weighted by Gasteiger charge is 2.28. The predicted octanol–water partition coefficient (Wildman–Crippen LogP) is 3.74. The minimum absolute atomic E-state index is 0.0250. The normalized spacial score (nSPS) is 13.9. The van der Waals surface area contributed by atoms with Crippen LogP contribution in [0.15, 0.2) is 46.3 Å². The second kappa shape index (κ2) is 5.62. The Morgan fingerprint density at radius 2 is 2.09 bits per heavy atom. The summed E-state index contributed by atoms with van der Waals surface area (Å²) in [5.41, 5.74) is 2.59. The largest absolute Gasteiger partial charge is 0.356 e. The van der Waals surface area contributed by atoms with Crippen LogP contribution in [-0.4, -0.2) is 22.5 Å². The minimum atomic E-state index is -0.283. The number of benzene rings is 1. The minimum Gasteiger partial charge on any atom is -0.356 e. The summed E-state index contributed by atoms with van der Waals surface area (Å²) in [4.78, 5) is 14.9. The average Bonchev–Trinajstić information content (AvgIpc) is 3.24. The van der Waals surface area contributed by atoms with Gasteiger partial charge in [0.05, 0.1) is 11.4 Å². The highest BCUT2D eigenvalue weighted by Crippen LogP contribution is 2.31. The van der Waals surface area contributed by atoms with Crippen molar-refractivity contribution in [2.24, 2.45) is 0 Å². The van der Waals surface area contributed by atoms with Crippen LogP contribution in [-0.2, 0) is 13.0 Å². The Kier molecular flexibility index (Phi) is 3.46. The van der Waals surface area contributed by atoms with Crippen LogP contribution in [0.1, 0.15) is 20.9 Å². The van der Waals surface area contributed by atoms with Crippen LogP contribution < -0.4 is 0 Å². The monoisotopic (exact) mass is 328 g/mol. The van der Waals surface area contributed by atoms with E-state index < -0.39 is 0 Å². The van der Waals surface area contributed by atoms with E-state index in [1.54, 1.807) is 17.0 Å². The molecule has 116 valence electrons. The number of amides is 1. The lowest BCUT2D eigenvalue weighted by molar-refractivity contribution is 0.0736. The number of aromatic nitrogens is 1. The van der Waals surface area contributed by atoms with E-state index in [1.165, 1.54) is 23.5 Å². The highest BCUT2D eigenvalue weighted by atomic mass is 32.1. The van der Waals surface area contributed by atoms with Gasteiger partial charge in [-0.3, -0.25) is 4.79 Å². The summed E-state index contributed by atoms with van der Waals surface area (Å²) in [6, 6.07) is 9.86. The maximum atomic E-state index is 13.1. The molecule has 0 atom stereocenters. The summed E-state index contributed by atoms with van der Waals surface area (Å²) in [7, 11) is 0. The number of hydrogen-bond acceptors (Lipinski definition) is 4. The molecule has 2 aromatic heterocycles. The molecule has 0 saturated carbocycles. The molecule has 3 aromatic rings. The SMILES string of the molecule is O=C(c1cccs1)N1CCc2c(noc2-c2ccc(F)cc2)C1. The molecule has 23 heavy (non-hydrogen) atoms. The van der Waals surface area contributed by atoms with Crippen molar-refractivity contribution in [1.82, 2.24) is 10.1 Å². The van der Waals surface area contributed by atoms with E-state index in [0.29, 0.717) is 25.3 Å². The van der Waals surface area contributed by atoms with Crippen LogP contribution in [0.25, 0.3) is 11.3 Å². The Morgan fingerprint density at radius 3 is 2.83 bits per heavy atom. The summed E-state index contributed by atoms with van der Waals surface area (Å²) in [6.45, 7) is 1.07. The fourth-order valence-electron chi connectivity index (χ4n) is 2.79.